The van der Waals surface area contributed by atoms with E-state index in [0.29, 0.717) is 0 Å². The topological polar surface area (TPSA) is 55.8 Å². The maximum atomic E-state index is 13.9. The Labute approximate surface area is 140 Å². The van der Waals surface area contributed by atoms with Crippen LogP contribution in [0, 0.1) is 5.82 Å². The van der Waals surface area contributed by atoms with Crippen LogP contribution >= 0.6 is 0 Å². The Morgan fingerprint density at radius 3 is 2.62 bits per heavy atom. The van der Waals surface area contributed by atoms with Crippen molar-refractivity contribution in [1.82, 2.24) is 4.31 Å². The van der Waals surface area contributed by atoms with Gasteiger partial charge < -0.3 is 9.47 Å². The number of rotatable bonds is 4. The van der Waals surface area contributed by atoms with Gasteiger partial charge in [0.25, 0.3) is 0 Å². The van der Waals surface area contributed by atoms with E-state index >= 15 is 0 Å². The van der Waals surface area contributed by atoms with E-state index in [4.69, 9.17) is 9.47 Å². The summed E-state index contributed by atoms with van der Waals surface area (Å²) >= 11 is 0. The highest BCUT2D eigenvalue weighted by Gasteiger charge is 2.32. The number of hydrogen-bond donors (Lipinski definition) is 0. The first-order chi connectivity index (χ1) is 11.5. The molecular weight excluding hydrogens is 333 g/mol. The zero-order valence-electron chi connectivity index (χ0n) is 13.2. The Morgan fingerprint density at radius 2 is 1.96 bits per heavy atom. The van der Waals surface area contributed by atoms with Gasteiger partial charge in [0.05, 0.1) is 24.7 Å². The largest absolute Gasteiger partial charge is 0.494 e. The van der Waals surface area contributed by atoms with Crippen molar-refractivity contribution in [2.75, 3.05) is 26.8 Å². The first kappa shape index (κ1) is 16.9. The van der Waals surface area contributed by atoms with Gasteiger partial charge in [-0.25, -0.2) is 12.8 Å². The second-order valence-corrected chi connectivity index (χ2v) is 7.37. The Morgan fingerprint density at radius 1 is 1.21 bits per heavy atom. The summed E-state index contributed by atoms with van der Waals surface area (Å²) < 4.78 is 51.3. The minimum atomic E-state index is -3.79. The van der Waals surface area contributed by atoms with Gasteiger partial charge in [0, 0.05) is 13.1 Å². The van der Waals surface area contributed by atoms with Crippen LogP contribution in [-0.2, 0) is 14.8 Å². The Balaban J connectivity index is 1.85. The predicted octanol–water partition coefficient (Wildman–Crippen LogP) is 2.60. The highest BCUT2D eigenvalue weighted by Crippen LogP contribution is 2.28. The van der Waals surface area contributed by atoms with Crippen molar-refractivity contribution in [3.05, 3.63) is 59.9 Å². The van der Waals surface area contributed by atoms with Crippen LogP contribution in [0.1, 0.15) is 11.7 Å². The van der Waals surface area contributed by atoms with Crippen molar-refractivity contribution < 1.29 is 22.3 Å². The van der Waals surface area contributed by atoms with Gasteiger partial charge in [-0.15, -0.1) is 0 Å². The summed E-state index contributed by atoms with van der Waals surface area (Å²) in [5, 5.41) is 0. The fourth-order valence-corrected chi connectivity index (χ4v) is 4.11. The molecule has 1 aliphatic heterocycles. The molecule has 7 heteroatoms. The van der Waals surface area contributed by atoms with E-state index in [1.807, 2.05) is 30.3 Å². The molecule has 24 heavy (non-hydrogen) atoms. The van der Waals surface area contributed by atoms with Crippen LogP contribution in [0.5, 0.6) is 5.75 Å². The molecule has 1 atom stereocenters. The van der Waals surface area contributed by atoms with E-state index < -0.39 is 15.8 Å². The van der Waals surface area contributed by atoms with E-state index in [0.717, 1.165) is 11.6 Å². The first-order valence-corrected chi connectivity index (χ1v) is 8.96. The Kier molecular flexibility index (Phi) is 4.84. The number of ether oxygens (including phenoxy) is 2. The average Bonchev–Trinajstić information content (AvgIpc) is 2.62. The fourth-order valence-electron chi connectivity index (χ4n) is 2.67. The molecule has 0 bridgehead atoms. The minimum absolute atomic E-state index is 0.0121. The third-order valence-corrected chi connectivity index (χ3v) is 5.82. The molecule has 0 saturated carbocycles. The maximum Gasteiger partial charge on any atom is 0.243 e. The Hall–Kier alpha value is -1.96. The van der Waals surface area contributed by atoms with Gasteiger partial charge in [0.2, 0.25) is 10.0 Å². The molecule has 1 saturated heterocycles. The number of sulfonamides is 1. The summed E-state index contributed by atoms with van der Waals surface area (Å²) in [7, 11) is -2.46. The van der Waals surface area contributed by atoms with E-state index in [1.165, 1.54) is 23.5 Å². The lowest BCUT2D eigenvalue weighted by Gasteiger charge is -2.32. The molecule has 0 spiro atoms. The van der Waals surface area contributed by atoms with Crippen molar-refractivity contribution in [3.63, 3.8) is 0 Å². The Bertz CT molecular complexity index is 811. The van der Waals surface area contributed by atoms with Gasteiger partial charge in [-0.05, 0) is 23.8 Å². The molecule has 0 radical (unpaired) electrons. The lowest BCUT2D eigenvalue weighted by Crippen LogP contribution is -2.42. The van der Waals surface area contributed by atoms with Crippen LogP contribution in [0.4, 0.5) is 4.39 Å². The van der Waals surface area contributed by atoms with E-state index in [-0.39, 0.29) is 36.4 Å². The quantitative estimate of drug-likeness (QED) is 0.850. The third-order valence-electron chi connectivity index (χ3n) is 3.96. The van der Waals surface area contributed by atoms with Crippen LogP contribution < -0.4 is 4.74 Å². The molecule has 1 aliphatic rings. The predicted molar refractivity (Wildman–Crippen MR) is 86.8 cm³/mol. The molecule has 0 N–H and O–H groups in total. The first-order valence-electron chi connectivity index (χ1n) is 7.52. The van der Waals surface area contributed by atoms with Crippen molar-refractivity contribution in [2.45, 2.75) is 11.0 Å². The second kappa shape index (κ2) is 6.88. The van der Waals surface area contributed by atoms with Crippen molar-refractivity contribution in [3.8, 4) is 5.75 Å². The lowest BCUT2D eigenvalue weighted by molar-refractivity contribution is -0.00255. The zero-order valence-corrected chi connectivity index (χ0v) is 14.0. The fraction of sp³-hybridized carbons (Fsp3) is 0.294. The van der Waals surface area contributed by atoms with Gasteiger partial charge in [-0.3, -0.25) is 0 Å². The summed E-state index contributed by atoms with van der Waals surface area (Å²) in [6, 6.07) is 13.1. The molecule has 1 heterocycles. The molecule has 0 aromatic heterocycles. The number of nitrogens with zero attached hydrogens (tertiary/aromatic N) is 1. The molecule has 3 rings (SSSR count). The molecular formula is C17H18FNO4S. The summed E-state index contributed by atoms with van der Waals surface area (Å²) in [5.74, 6) is -0.690. The normalized spacial score (nSPS) is 19.2. The van der Waals surface area contributed by atoms with Crippen LogP contribution in [0.2, 0.25) is 0 Å². The summed E-state index contributed by atoms with van der Waals surface area (Å²) in [4.78, 5) is -0.0884. The number of benzene rings is 2. The average molecular weight is 351 g/mol. The smallest absolute Gasteiger partial charge is 0.243 e. The van der Waals surface area contributed by atoms with Gasteiger partial charge in [-0.2, -0.15) is 4.31 Å². The van der Waals surface area contributed by atoms with Crippen molar-refractivity contribution in [1.29, 1.82) is 0 Å². The highest BCUT2D eigenvalue weighted by molar-refractivity contribution is 7.89. The number of methoxy groups -OCH3 is 1. The van der Waals surface area contributed by atoms with E-state index in [1.54, 1.807) is 0 Å². The maximum absolute atomic E-state index is 13.9. The highest BCUT2D eigenvalue weighted by atomic mass is 32.2. The minimum Gasteiger partial charge on any atom is -0.494 e. The standard InChI is InChI=1S/C17H18FNO4S/c1-22-16-8-7-14(11-15(16)18)24(20,21)19-9-10-23-17(12-19)13-5-3-2-4-6-13/h2-8,11,17H,9-10,12H2,1H3/t17-/m0/s1. The number of morpholine rings is 1. The summed E-state index contributed by atoms with van der Waals surface area (Å²) in [6.07, 6.45) is -0.335. The van der Waals surface area contributed by atoms with Gasteiger partial charge in [-0.1, -0.05) is 30.3 Å². The summed E-state index contributed by atoms with van der Waals surface area (Å²) in [5.41, 5.74) is 0.915. The molecule has 1 fully saturated rings. The van der Waals surface area contributed by atoms with E-state index in [2.05, 4.69) is 0 Å². The molecule has 5 nitrogen and oxygen atoms in total. The lowest BCUT2D eigenvalue weighted by atomic mass is 10.1. The van der Waals surface area contributed by atoms with Crippen LogP contribution in [0.15, 0.2) is 53.4 Å². The van der Waals surface area contributed by atoms with Gasteiger partial charge >= 0.3 is 0 Å². The molecule has 2 aromatic rings. The monoisotopic (exact) mass is 351 g/mol. The van der Waals surface area contributed by atoms with Gasteiger partial charge in [0.1, 0.15) is 0 Å². The third kappa shape index (κ3) is 3.28. The van der Waals surface area contributed by atoms with Gasteiger partial charge in [0.15, 0.2) is 11.6 Å². The molecule has 0 unspecified atom stereocenters. The molecule has 0 amide bonds. The summed E-state index contributed by atoms with van der Waals surface area (Å²) in [6.45, 7) is 0.719. The number of halogens is 1. The molecule has 0 aliphatic carbocycles. The van der Waals surface area contributed by atoms with Crippen LogP contribution in [0.25, 0.3) is 0 Å². The number of hydrogen-bond acceptors (Lipinski definition) is 4. The molecule has 2 aromatic carbocycles. The van der Waals surface area contributed by atoms with Crippen LogP contribution in [-0.4, -0.2) is 39.5 Å². The SMILES string of the molecule is COc1ccc(S(=O)(=O)N2CCO[C@H](c3ccccc3)C2)cc1F. The van der Waals surface area contributed by atoms with E-state index in [9.17, 15) is 12.8 Å². The molecule has 128 valence electrons. The zero-order chi connectivity index (χ0) is 17.2. The van der Waals surface area contributed by atoms with Crippen molar-refractivity contribution in [2.24, 2.45) is 0 Å². The second-order valence-electron chi connectivity index (χ2n) is 5.43. The van der Waals surface area contributed by atoms with Crippen molar-refractivity contribution >= 4 is 10.0 Å². The van der Waals surface area contributed by atoms with Crippen LogP contribution in [0.3, 0.4) is 0 Å².